The van der Waals surface area contributed by atoms with Crippen molar-refractivity contribution in [1.82, 2.24) is 10.3 Å². The second-order valence-electron chi connectivity index (χ2n) is 11.5. The van der Waals surface area contributed by atoms with Gasteiger partial charge in [0.05, 0.1) is 17.7 Å². The van der Waals surface area contributed by atoms with E-state index >= 15 is 0 Å². The molecule has 1 atom stereocenters. The first-order valence-electron chi connectivity index (χ1n) is 14.9. The van der Waals surface area contributed by atoms with Gasteiger partial charge in [-0.2, -0.15) is 0 Å². The van der Waals surface area contributed by atoms with Crippen LogP contribution in [0, 0.1) is 0 Å². The number of aromatic nitrogens is 1. The molecule has 0 aliphatic heterocycles. The summed E-state index contributed by atoms with van der Waals surface area (Å²) in [6, 6.07) is 28.7. The molecule has 0 aliphatic carbocycles. The third-order valence-electron chi connectivity index (χ3n) is 7.53. The van der Waals surface area contributed by atoms with E-state index in [4.69, 9.17) is 9.47 Å². The van der Waals surface area contributed by atoms with Crippen LogP contribution in [0.2, 0.25) is 0 Å². The normalized spacial score (nSPS) is 12.3. The summed E-state index contributed by atoms with van der Waals surface area (Å²) in [5, 5.41) is 16.3. The molecule has 0 saturated carbocycles. The van der Waals surface area contributed by atoms with E-state index < -0.39 is 12.1 Å². The molecule has 1 heterocycles. The highest BCUT2D eigenvalue weighted by atomic mass is 16.5. The van der Waals surface area contributed by atoms with E-state index in [9.17, 15) is 14.7 Å². The van der Waals surface area contributed by atoms with E-state index in [1.165, 1.54) is 6.92 Å². The first kappa shape index (κ1) is 30.8. The van der Waals surface area contributed by atoms with Gasteiger partial charge >= 0.3 is 5.97 Å². The summed E-state index contributed by atoms with van der Waals surface area (Å²) in [7, 11) is 0. The lowest BCUT2D eigenvalue weighted by molar-refractivity contribution is -0.115. The third kappa shape index (κ3) is 7.10. The first-order chi connectivity index (χ1) is 21.1. The van der Waals surface area contributed by atoms with Gasteiger partial charge in [-0.3, -0.25) is 9.69 Å². The molecule has 0 fully saturated rings. The number of hydrogen-bond donors (Lipinski definition) is 3. The molecular formula is C36H39N3O5. The fourth-order valence-corrected chi connectivity index (χ4v) is 5.44. The van der Waals surface area contributed by atoms with Crippen LogP contribution in [0.5, 0.6) is 5.75 Å². The molecule has 44 heavy (non-hydrogen) atoms. The van der Waals surface area contributed by atoms with Crippen molar-refractivity contribution < 1.29 is 24.2 Å². The predicted molar refractivity (Wildman–Crippen MR) is 175 cm³/mol. The lowest BCUT2D eigenvalue weighted by atomic mass is 9.94. The Morgan fingerprint density at radius 2 is 1.57 bits per heavy atom. The molecule has 228 valence electrons. The van der Waals surface area contributed by atoms with Gasteiger partial charge in [-0.25, -0.2) is 4.79 Å². The average molecular weight is 594 g/mol. The molecule has 0 saturated heterocycles. The number of ether oxygens (including phenoxy) is 2. The van der Waals surface area contributed by atoms with Crippen LogP contribution in [0.3, 0.4) is 0 Å². The van der Waals surface area contributed by atoms with Crippen molar-refractivity contribution in [3.63, 3.8) is 0 Å². The molecule has 3 N–H and O–H groups in total. The van der Waals surface area contributed by atoms with Gasteiger partial charge < -0.3 is 24.9 Å². The molecule has 0 bridgehead atoms. The third-order valence-corrected chi connectivity index (χ3v) is 7.53. The fourth-order valence-electron chi connectivity index (χ4n) is 5.44. The van der Waals surface area contributed by atoms with Crippen molar-refractivity contribution in [2.75, 3.05) is 24.7 Å². The number of β-amino-alcohol motifs (C(OH)–C–C–N with tert-alkyl or cyclic N) is 1. The number of amides is 1. The number of nitrogens with one attached hydrogen (secondary N) is 2. The molecule has 0 unspecified atom stereocenters. The van der Waals surface area contributed by atoms with Crippen LogP contribution in [0.25, 0.3) is 21.8 Å². The second-order valence-corrected chi connectivity index (χ2v) is 11.5. The molecule has 8 heteroatoms. The zero-order chi connectivity index (χ0) is 31.3. The Morgan fingerprint density at radius 1 is 0.909 bits per heavy atom. The minimum atomic E-state index is -0.698. The van der Waals surface area contributed by atoms with Crippen molar-refractivity contribution in [2.24, 2.45) is 0 Å². The molecule has 8 nitrogen and oxygen atoms in total. The van der Waals surface area contributed by atoms with Gasteiger partial charge in [-0.15, -0.1) is 0 Å². The molecule has 0 aliphatic rings. The van der Waals surface area contributed by atoms with E-state index in [0.717, 1.165) is 38.8 Å². The lowest BCUT2D eigenvalue weighted by Gasteiger charge is -2.28. The highest BCUT2D eigenvalue weighted by Crippen LogP contribution is 2.33. The van der Waals surface area contributed by atoms with Gasteiger partial charge in [0.2, 0.25) is 5.91 Å². The summed E-state index contributed by atoms with van der Waals surface area (Å²) >= 11 is 0. The number of carbonyl (C=O) groups is 2. The summed E-state index contributed by atoms with van der Waals surface area (Å²) in [4.78, 5) is 29.6. The Kier molecular flexibility index (Phi) is 9.32. The van der Waals surface area contributed by atoms with Crippen LogP contribution >= 0.6 is 0 Å². The van der Waals surface area contributed by atoms with Gasteiger partial charge in [-0.05, 0) is 87.4 Å². The van der Waals surface area contributed by atoms with Crippen molar-refractivity contribution in [3.05, 3.63) is 102 Å². The number of esters is 1. The average Bonchev–Trinajstić information content (AvgIpc) is 3.39. The number of aliphatic hydroxyl groups is 1. The van der Waals surface area contributed by atoms with Gasteiger partial charge in [0.1, 0.15) is 18.5 Å². The summed E-state index contributed by atoms with van der Waals surface area (Å²) in [5.74, 6) is 0.214. The molecule has 1 aromatic heterocycles. The Balaban J connectivity index is 1.17. The number of anilines is 2. The van der Waals surface area contributed by atoms with Crippen LogP contribution in [0.1, 0.15) is 43.6 Å². The number of rotatable bonds is 12. The van der Waals surface area contributed by atoms with Crippen molar-refractivity contribution in [3.8, 4) is 5.75 Å². The van der Waals surface area contributed by atoms with Crippen molar-refractivity contribution in [1.29, 1.82) is 0 Å². The summed E-state index contributed by atoms with van der Waals surface area (Å²) < 4.78 is 11.1. The van der Waals surface area contributed by atoms with E-state index in [-0.39, 0.29) is 18.1 Å². The quantitative estimate of drug-likeness (QED) is 0.142. The summed E-state index contributed by atoms with van der Waals surface area (Å²) in [5.41, 5.74) is 4.67. The smallest absolute Gasteiger partial charge is 0.338 e. The molecule has 5 aromatic rings. The van der Waals surface area contributed by atoms with E-state index in [2.05, 4.69) is 30.2 Å². The van der Waals surface area contributed by atoms with Crippen LogP contribution in [-0.2, 0) is 16.0 Å². The number of carbonyl (C=O) groups excluding carboxylic acids is 2. The van der Waals surface area contributed by atoms with Gasteiger partial charge in [-0.1, -0.05) is 36.4 Å². The van der Waals surface area contributed by atoms with E-state index in [1.54, 1.807) is 36.1 Å². The zero-order valence-electron chi connectivity index (χ0n) is 25.6. The minimum Gasteiger partial charge on any atom is -0.490 e. The summed E-state index contributed by atoms with van der Waals surface area (Å²) in [6.45, 7) is 8.29. The Bertz CT molecular complexity index is 1740. The number of H-pyrrole nitrogens is 1. The predicted octanol–water partition coefficient (Wildman–Crippen LogP) is 6.53. The SMILES string of the molecule is CCOC(=O)c1ccc(N(C(C)=O)c2ccc(CC(C)(C)NC[C@H](O)COc3cccc4[nH]c5ccccc5c34)cc2)cc1. The number of hydrogen-bond acceptors (Lipinski definition) is 6. The Hall–Kier alpha value is -4.66. The first-order valence-corrected chi connectivity index (χ1v) is 14.9. The maximum Gasteiger partial charge on any atom is 0.338 e. The number of aromatic amines is 1. The van der Waals surface area contributed by atoms with Gasteiger partial charge in [0.15, 0.2) is 0 Å². The molecule has 0 radical (unpaired) electrons. The largest absolute Gasteiger partial charge is 0.490 e. The van der Waals surface area contributed by atoms with Gasteiger partial charge in [0, 0.05) is 46.7 Å². The fraction of sp³-hybridized carbons (Fsp3) is 0.278. The van der Waals surface area contributed by atoms with Crippen molar-refractivity contribution in [2.45, 2.75) is 45.8 Å². The molecular weight excluding hydrogens is 554 g/mol. The molecule has 4 aromatic carbocycles. The monoisotopic (exact) mass is 593 g/mol. The zero-order valence-corrected chi connectivity index (χ0v) is 25.6. The maximum atomic E-state index is 12.6. The van der Waals surface area contributed by atoms with Crippen LogP contribution in [0.4, 0.5) is 11.4 Å². The van der Waals surface area contributed by atoms with Crippen LogP contribution in [0.15, 0.2) is 91.0 Å². The molecule has 5 rings (SSSR count). The molecule has 1 amide bonds. The highest BCUT2D eigenvalue weighted by Gasteiger charge is 2.21. The highest BCUT2D eigenvalue weighted by molar-refractivity contribution is 6.10. The lowest BCUT2D eigenvalue weighted by Crippen LogP contribution is -2.46. The van der Waals surface area contributed by atoms with E-state index in [0.29, 0.717) is 30.8 Å². The number of para-hydroxylation sites is 1. The minimum absolute atomic E-state index is 0.138. The number of nitrogens with zero attached hydrogens (tertiary/aromatic N) is 1. The number of fused-ring (bicyclic) bond motifs is 3. The Morgan fingerprint density at radius 3 is 2.25 bits per heavy atom. The number of aliphatic hydroxyl groups excluding tert-OH is 1. The second kappa shape index (κ2) is 13.3. The van der Waals surface area contributed by atoms with E-state index in [1.807, 2.05) is 60.7 Å². The Labute approximate surface area is 257 Å². The topological polar surface area (TPSA) is 104 Å². The molecule has 0 spiro atoms. The standard InChI is InChI=1S/C36H39N3O5/c1-5-43-35(42)26-15-19-28(20-16-26)39(24(2)40)27-17-13-25(14-18-27)21-36(3,4)37-22-29(41)23-44-33-12-8-11-32-34(33)30-9-6-7-10-31(30)38-32/h6-20,29,37-38,41H,5,21-23H2,1-4H3/t29-/m0/s1. The number of benzene rings is 4. The van der Waals surface area contributed by atoms with Crippen LogP contribution in [-0.4, -0.2) is 53.4 Å². The van der Waals surface area contributed by atoms with Crippen LogP contribution < -0.4 is 15.0 Å². The van der Waals surface area contributed by atoms with Crippen molar-refractivity contribution >= 4 is 45.1 Å². The maximum absolute atomic E-state index is 12.6. The van der Waals surface area contributed by atoms with Gasteiger partial charge in [0.25, 0.3) is 0 Å². The summed E-state index contributed by atoms with van der Waals surface area (Å²) in [6.07, 6.45) is 0.0144.